The van der Waals surface area contributed by atoms with Crippen molar-refractivity contribution in [2.45, 2.75) is 0 Å². The Bertz CT molecular complexity index is 1060. The third-order valence-electron chi connectivity index (χ3n) is 3.66. The number of hydrogen-bond acceptors (Lipinski definition) is 4. The molecule has 0 atom stereocenters. The summed E-state index contributed by atoms with van der Waals surface area (Å²) in [5.41, 5.74) is 2.95. The topological polar surface area (TPSA) is 72.2 Å². The molecule has 3 aromatic heterocycles. The molecule has 0 fully saturated rings. The van der Waals surface area contributed by atoms with Crippen molar-refractivity contribution >= 4 is 28.8 Å². The maximum atomic E-state index is 12.5. The molecule has 122 valence electrons. The van der Waals surface area contributed by atoms with Gasteiger partial charge < -0.3 is 5.32 Å². The minimum atomic E-state index is -0.315. The van der Waals surface area contributed by atoms with Gasteiger partial charge in [0.2, 0.25) is 0 Å². The second-order valence-electron chi connectivity index (χ2n) is 5.31. The van der Waals surface area contributed by atoms with E-state index in [1.807, 2.05) is 24.3 Å². The van der Waals surface area contributed by atoms with E-state index in [-0.39, 0.29) is 5.91 Å². The van der Waals surface area contributed by atoms with E-state index < -0.39 is 0 Å². The number of amides is 1. The van der Waals surface area contributed by atoms with E-state index in [2.05, 4.69) is 20.4 Å². The Kier molecular flexibility index (Phi) is 3.87. The van der Waals surface area contributed by atoms with Crippen LogP contribution in [0, 0.1) is 0 Å². The average molecular weight is 350 g/mol. The largest absolute Gasteiger partial charge is 0.319 e. The number of halogens is 1. The predicted molar refractivity (Wildman–Crippen MR) is 95.6 cm³/mol. The highest BCUT2D eigenvalue weighted by atomic mass is 35.5. The van der Waals surface area contributed by atoms with Crippen molar-refractivity contribution in [2.75, 3.05) is 5.32 Å². The molecule has 0 radical (unpaired) electrons. The molecule has 0 aliphatic heterocycles. The summed E-state index contributed by atoms with van der Waals surface area (Å²) in [7, 11) is 0. The van der Waals surface area contributed by atoms with Crippen molar-refractivity contribution in [3.63, 3.8) is 0 Å². The quantitative estimate of drug-likeness (QED) is 0.612. The van der Waals surface area contributed by atoms with Crippen LogP contribution in [0.25, 0.3) is 16.9 Å². The molecule has 6 nitrogen and oxygen atoms in total. The number of nitrogens with zero attached hydrogens (tertiary/aromatic N) is 4. The second-order valence-corrected chi connectivity index (χ2v) is 5.71. The lowest BCUT2D eigenvalue weighted by atomic mass is 10.1. The van der Waals surface area contributed by atoms with Crippen molar-refractivity contribution in [1.29, 1.82) is 0 Å². The molecule has 0 bridgehead atoms. The van der Waals surface area contributed by atoms with Gasteiger partial charge in [-0.2, -0.15) is 5.10 Å². The number of aromatic nitrogens is 4. The second kappa shape index (κ2) is 6.33. The van der Waals surface area contributed by atoms with Gasteiger partial charge in [-0.1, -0.05) is 29.8 Å². The van der Waals surface area contributed by atoms with E-state index in [9.17, 15) is 4.79 Å². The third kappa shape index (κ3) is 2.95. The van der Waals surface area contributed by atoms with Gasteiger partial charge in [0.1, 0.15) is 0 Å². The summed E-state index contributed by atoms with van der Waals surface area (Å²) >= 11 is 6.24. The summed E-state index contributed by atoms with van der Waals surface area (Å²) in [6.45, 7) is 0. The molecule has 0 saturated heterocycles. The van der Waals surface area contributed by atoms with E-state index in [1.165, 1.54) is 10.7 Å². The lowest BCUT2D eigenvalue weighted by Crippen LogP contribution is -2.15. The van der Waals surface area contributed by atoms with Gasteiger partial charge in [0.25, 0.3) is 5.91 Å². The van der Waals surface area contributed by atoms with E-state index in [0.717, 1.165) is 5.56 Å². The molecular weight excluding hydrogens is 338 g/mol. The number of rotatable bonds is 3. The van der Waals surface area contributed by atoms with Crippen LogP contribution in [-0.4, -0.2) is 25.5 Å². The molecule has 0 unspecified atom stereocenters. The fraction of sp³-hybridized carbons (Fsp3) is 0. The van der Waals surface area contributed by atoms with Crippen LogP contribution < -0.4 is 5.32 Å². The van der Waals surface area contributed by atoms with Gasteiger partial charge >= 0.3 is 0 Å². The number of anilines is 1. The monoisotopic (exact) mass is 349 g/mol. The van der Waals surface area contributed by atoms with E-state index in [4.69, 9.17) is 11.6 Å². The summed E-state index contributed by atoms with van der Waals surface area (Å²) in [5.74, 6) is -0.315. The lowest BCUT2D eigenvalue weighted by molar-refractivity contribution is 0.102. The first-order valence-corrected chi connectivity index (χ1v) is 7.91. The van der Waals surface area contributed by atoms with Crippen molar-refractivity contribution in [1.82, 2.24) is 19.6 Å². The maximum Gasteiger partial charge on any atom is 0.276 e. The van der Waals surface area contributed by atoms with Crippen LogP contribution in [0.5, 0.6) is 0 Å². The molecule has 0 spiro atoms. The zero-order chi connectivity index (χ0) is 17.2. The van der Waals surface area contributed by atoms with Gasteiger partial charge in [0.15, 0.2) is 11.3 Å². The number of pyridine rings is 1. The Balaban J connectivity index is 1.74. The summed E-state index contributed by atoms with van der Waals surface area (Å²) in [5, 5.41) is 7.89. The van der Waals surface area contributed by atoms with Crippen molar-refractivity contribution in [2.24, 2.45) is 0 Å². The highest BCUT2D eigenvalue weighted by Crippen LogP contribution is 2.26. The molecule has 0 aliphatic carbocycles. The van der Waals surface area contributed by atoms with Crippen molar-refractivity contribution < 1.29 is 4.79 Å². The highest BCUT2D eigenvalue weighted by molar-refractivity contribution is 6.33. The predicted octanol–water partition coefficient (Wildman–Crippen LogP) is 3.70. The van der Waals surface area contributed by atoms with Gasteiger partial charge in [0, 0.05) is 11.8 Å². The molecule has 7 heteroatoms. The standard InChI is InChI=1S/C18H12ClN5O/c19-14-6-2-1-5-13(14)15-7-8-17-21-11-16(24(17)23-15)18(25)22-12-4-3-9-20-10-12/h1-11H,(H,22,25). The Hall–Kier alpha value is -3.25. The Morgan fingerprint density at radius 3 is 2.72 bits per heavy atom. The van der Waals surface area contributed by atoms with Crippen LogP contribution in [0.4, 0.5) is 5.69 Å². The van der Waals surface area contributed by atoms with E-state index >= 15 is 0 Å². The zero-order valence-corrected chi connectivity index (χ0v) is 13.7. The minimum absolute atomic E-state index is 0.315. The first kappa shape index (κ1) is 15.3. The molecule has 1 aromatic carbocycles. The lowest BCUT2D eigenvalue weighted by Gasteiger charge is -2.06. The van der Waals surface area contributed by atoms with Crippen LogP contribution >= 0.6 is 11.6 Å². The van der Waals surface area contributed by atoms with Crippen LogP contribution in [0.15, 0.2) is 67.1 Å². The summed E-state index contributed by atoms with van der Waals surface area (Å²) in [6.07, 6.45) is 4.70. The zero-order valence-electron chi connectivity index (χ0n) is 12.9. The Labute approximate surface area is 148 Å². The van der Waals surface area contributed by atoms with Gasteiger partial charge in [-0.25, -0.2) is 9.50 Å². The van der Waals surface area contributed by atoms with Crippen LogP contribution in [0.2, 0.25) is 5.02 Å². The molecule has 25 heavy (non-hydrogen) atoms. The van der Waals surface area contributed by atoms with E-state index in [1.54, 1.807) is 36.7 Å². The molecule has 1 N–H and O–H groups in total. The first-order chi connectivity index (χ1) is 12.2. The fourth-order valence-electron chi connectivity index (χ4n) is 2.47. The third-order valence-corrected chi connectivity index (χ3v) is 3.99. The molecule has 0 saturated carbocycles. The minimum Gasteiger partial charge on any atom is -0.319 e. The van der Waals surface area contributed by atoms with Crippen molar-refractivity contribution in [3.05, 3.63) is 77.8 Å². The number of fused-ring (bicyclic) bond motifs is 1. The first-order valence-electron chi connectivity index (χ1n) is 7.53. The summed E-state index contributed by atoms with van der Waals surface area (Å²) in [4.78, 5) is 20.7. The smallest absolute Gasteiger partial charge is 0.276 e. The molecule has 4 aromatic rings. The molecule has 3 heterocycles. The van der Waals surface area contributed by atoms with Gasteiger partial charge in [-0.15, -0.1) is 0 Å². The fourth-order valence-corrected chi connectivity index (χ4v) is 2.71. The summed E-state index contributed by atoms with van der Waals surface area (Å²) in [6, 6.07) is 14.5. The SMILES string of the molecule is O=C(Nc1cccnc1)c1cnc2ccc(-c3ccccc3Cl)nn12. The normalized spacial score (nSPS) is 10.8. The molecule has 4 rings (SSSR count). The van der Waals surface area contributed by atoms with Crippen LogP contribution in [-0.2, 0) is 0 Å². The van der Waals surface area contributed by atoms with Gasteiger partial charge in [0.05, 0.1) is 28.8 Å². The molecule has 1 amide bonds. The average Bonchev–Trinajstić information content (AvgIpc) is 3.06. The molecular formula is C18H12ClN5O. The van der Waals surface area contributed by atoms with Crippen molar-refractivity contribution in [3.8, 4) is 11.3 Å². The number of carbonyl (C=O) groups is 1. The van der Waals surface area contributed by atoms with Gasteiger partial charge in [-0.05, 0) is 30.3 Å². The number of carbonyl (C=O) groups excluding carboxylic acids is 1. The maximum absolute atomic E-state index is 12.5. The number of imidazole rings is 1. The number of nitrogens with one attached hydrogen (secondary N) is 1. The van der Waals surface area contributed by atoms with Crippen LogP contribution in [0.1, 0.15) is 10.5 Å². The number of hydrogen-bond donors (Lipinski definition) is 1. The van der Waals surface area contributed by atoms with Gasteiger partial charge in [-0.3, -0.25) is 9.78 Å². The Morgan fingerprint density at radius 1 is 1.04 bits per heavy atom. The molecule has 0 aliphatic rings. The summed E-state index contributed by atoms with van der Waals surface area (Å²) < 4.78 is 1.50. The van der Waals surface area contributed by atoms with Crippen LogP contribution in [0.3, 0.4) is 0 Å². The Morgan fingerprint density at radius 2 is 1.92 bits per heavy atom. The highest BCUT2D eigenvalue weighted by Gasteiger charge is 2.15. The number of benzene rings is 1. The van der Waals surface area contributed by atoms with E-state index in [0.29, 0.717) is 27.7 Å².